The molecule has 2 aromatic carbocycles. The lowest BCUT2D eigenvalue weighted by Crippen LogP contribution is -2.02. The fourth-order valence-electron chi connectivity index (χ4n) is 1.90. The molecule has 0 fully saturated rings. The standard InChI is InChI=1S/C14H5Cl4NO3/c15-8-9(16)11(18)13(21)7(12(20)10(8)17)14-19-5-3-1-2-4-6(5)22-14/h1-4,20H. The van der Waals surface area contributed by atoms with Crippen molar-refractivity contribution in [2.75, 3.05) is 0 Å². The maximum Gasteiger partial charge on any atom is 0.235 e. The SMILES string of the molecule is O=c1c(Cl)c(Cl)c(Cl)c(Cl)c(O)c1-c1nc2ccccc2o1. The van der Waals surface area contributed by atoms with E-state index >= 15 is 0 Å². The smallest absolute Gasteiger partial charge is 0.235 e. The van der Waals surface area contributed by atoms with Crippen LogP contribution in [0, 0.1) is 0 Å². The minimum Gasteiger partial charge on any atom is -0.505 e. The van der Waals surface area contributed by atoms with Crippen LogP contribution in [0.25, 0.3) is 22.6 Å². The molecule has 0 spiro atoms. The van der Waals surface area contributed by atoms with Gasteiger partial charge in [-0.15, -0.1) is 0 Å². The zero-order valence-electron chi connectivity index (χ0n) is 10.5. The predicted octanol–water partition coefficient (Wildman–Crippen LogP) is 5.17. The molecule has 0 unspecified atom stereocenters. The molecule has 3 rings (SSSR count). The van der Waals surface area contributed by atoms with Crippen LogP contribution in [0.15, 0.2) is 33.5 Å². The Morgan fingerprint density at radius 1 is 0.955 bits per heavy atom. The lowest BCUT2D eigenvalue weighted by atomic mass is 10.2. The van der Waals surface area contributed by atoms with Crippen molar-refractivity contribution >= 4 is 57.5 Å². The van der Waals surface area contributed by atoms with Crippen molar-refractivity contribution in [1.29, 1.82) is 0 Å². The Morgan fingerprint density at radius 3 is 2.27 bits per heavy atom. The first-order valence-corrected chi connectivity index (χ1v) is 7.38. The number of oxazole rings is 1. The first-order chi connectivity index (χ1) is 10.4. The van der Waals surface area contributed by atoms with Crippen LogP contribution in [-0.4, -0.2) is 10.1 Å². The van der Waals surface area contributed by atoms with Crippen molar-refractivity contribution in [3.8, 4) is 17.2 Å². The van der Waals surface area contributed by atoms with E-state index < -0.39 is 11.2 Å². The first-order valence-electron chi connectivity index (χ1n) is 5.87. The van der Waals surface area contributed by atoms with Crippen LogP contribution in [0.5, 0.6) is 5.75 Å². The Balaban J connectivity index is 2.46. The summed E-state index contributed by atoms with van der Waals surface area (Å²) in [7, 11) is 0. The number of fused-ring (bicyclic) bond motifs is 1. The summed E-state index contributed by atoms with van der Waals surface area (Å²) in [5, 5.41) is 9.03. The van der Waals surface area contributed by atoms with Crippen molar-refractivity contribution < 1.29 is 9.52 Å². The normalized spacial score (nSPS) is 11.1. The molecule has 0 aliphatic carbocycles. The van der Waals surface area contributed by atoms with Crippen LogP contribution in [0.4, 0.5) is 0 Å². The highest BCUT2D eigenvalue weighted by molar-refractivity contribution is 6.51. The topological polar surface area (TPSA) is 63.3 Å². The summed E-state index contributed by atoms with van der Waals surface area (Å²) >= 11 is 23.6. The molecule has 0 atom stereocenters. The van der Waals surface area contributed by atoms with Crippen molar-refractivity contribution in [2.24, 2.45) is 0 Å². The molecule has 0 saturated carbocycles. The highest BCUT2D eigenvalue weighted by atomic mass is 35.5. The number of halogens is 4. The molecule has 4 nitrogen and oxygen atoms in total. The molecule has 1 N–H and O–H groups in total. The number of rotatable bonds is 1. The van der Waals surface area contributed by atoms with Crippen molar-refractivity contribution in [2.45, 2.75) is 0 Å². The second-order valence-electron chi connectivity index (χ2n) is 4.30. The number of benzene rings is 1. The number of para-hydroxylation sites is 2. The fraction of sp³-hybridized carbons (Fsp3) is 0. The lowest BCUT2D eigenvalue weighted by molar-refractivity contribution is 0.474. The van der Waals surface area contributed by atoms with Crippen LogP contribution < -0.4 is 5.43 Å². The van der Waals surface area contributed by atoms with E-state index in [4.69, 9.17) is 50.8 Å². The van der Waals surface area contributed by atoms with Crippen LogP contribution in [0.2, 0.25) is 20.1 Å². The Bertz CT molecular complexity index is 935. The van der Waals surface area contributed by atoms with Crippen LogP contribution in [0.1, 0.15) is 0 Å². The summed E-state index contributed by atoms with van der Waals surface area (Å²) in [5.74, 6) is -0.729. The third-order valence-electron chi connectivity index (χ3n) is 2.96. The van der Waals surface area contributed by atoms with Crippen molar-refractivity contribution in [1.82, 2.24) is 4.98 Å². The summed E-state index contributed by atoms with van der Waals surface area (Å²) in [5.41, 5.74) is -0.149. The Hall–Kier alpha value is -1.46. The van der Waals surface area contributed by atoms with Crippen molar-refractivity contribution in [3.05, 3.63) is 54.6 Å². The van der Waals surface area contributed by atoms with Gasteiger partial charge >= 0.3 is 0 Å². The summed E-state index contributed by atoms with van der Waals surface area (Å²) in [4.78, 5) is 16.5. The first kappa shape index (κ1) is 15.4. The van der Waals surface area contributed by atoms with E-state index in [9.17, 15) is 9.90 Å². The van der Waals surface area contributed by atoms with E-state index in [1.807, 2.05) is 0 Å². The number of hydrogen-bond donors (Lipinski definition) is 1. The molecule has 0 aliphatic rings. The van der Waals surface area contributed by atoms with Crippen LogP contribution in [0.3, 0.4) is 0 Å². The van der Waals surface area contributed by atoms with E-state index in [-0.39, 0.29) is 31.5 Å². The second kappa shape index (κ2) is 5.63. The summed E-state index contributed by atoms with van der Waals surface area (Å²) < 4.78 is 5.47. The number of aromatic nitrogens is 1. The van der Waals surface area contributed by atoms with E-state index in [1.54, 1.807) is 24.3 Å². The van der Waals surface area contributed by atoms with Gasteiger partial charge in [0.1, 0.15) is 21.1 Å². The molecule has 0 radical (unpaired) electrons. The van der Waals surface area contributed by atoms with Crippen molar-refractivity contribution in [3.63, 3.8) is 0 Å². The summed E-state index contributed by atoms with van der Waals surface area (Å²) in [6.07, 6.45) is 0. The molecule has 1 aromatic heterocycles. The second-order valence-corrected chi connectivity index (χ2v) is 5.81. The molecular formula is C14H5Cl4NO3. The third kappa shape index (κ3) is 2.32. The zero-order valence-corrected chi connectivity index (χ0v) is 13.6. The average Bonchev–Trinajstić information content (AvgIpc) is 2.93. The van der Waals surface area contributed by atoms with Gasteiger partial charge in [0.25, 0.3) is 0 Å². The molecular weight excluding hydrogens is 372 g/mol. The van der Waals surface area contributed by atoms with Gasteiger partial charge in [-0.3, -0.25) is 4.79 Å². The van der Waals surface area contributed by atoms with Gasteiger partial charge < -0.3 is 9.52 Å². The molecule has 8 heteroatoms. The average molecular weight is 377 g/mol. The van der Waals surface area contributed by atoms with Gasteiger partial charge in [-0.05, 0) is 12.1 Å². The lowest BCUT2D eigenvalue weighted by Gasteiger charge is -1.97. The summed E-state index contributed by atoms with van der Waals surface area (Å²) in [6.45, 7) is 0. The van der Waals surface area contributed by atoms with Gasteiger partial charge in [0.05, 0.1) is 10.0 Å². The van der Waals surface area contributed by atoms with E-state index in [2.05, 4.69) is 4.98 Å². The van der Waals surface area contributed by atoms with Gasteiger partial charge in [-0.1, -0.05) is 58.5 Å². The number of hydrogen-bond acceptors (Lipinski definition) is 4. The van der Waals surface area contributed by atoms with Gasteiger partial charge in [-0.25, -0.2) is 4.98 Å². The van der Waals surface area contributed by atoms with Gasteiger partial charge in [0.2, 0.25) is 11.3 Å². The molecule has 0 amide bonds. The number of aromatic hydroxyl groups is 1. The van der Waals surface area contributed by atoms with Gasteiger partial charge in [-0.2, -0.15) is 0 Å². The fourth-order valence-corrected chi connectivity index (χ4v) is 2.74. The Morgan fingerprint density at radius 2 is 1.59 bits per heavy atom. The number of nitrogens with zero attached hydrogens (tertiary/aromatic N) is 1. The Kier molecular flexibility index (Phi) is 3.95. The zero-order chi connectivity index (χ0) is 16.0. The van der Waals surface area contributed by atoms with Gasteiger partial charge in [0, 0.05) is 0 Å². The molecule has 112 valence electrons. The molecule has 1 heterocycles. The van der Waals surface area contributed by atoms with Crippen LogP contribution >= 0.6 is 46.4 Å². The van der Waals surface area contributed by atoms with E-state index in [1.165, 1.54) is 0 Å². The quantitative estimate of drug-likeness (QED) is 0.635. The Labute approximate surface area is 143 Å². The minimum absolute atomic E-state index is 0.129. The third-order valence-corrected chi connectivity index (χ3v) is 4.73. The maximum atomic E-state index is 12.4. The molecule has 0 bridgehead atoms. The maximum absolute atomic E-state index is 12.4. The minimum atomic E-state index is -0.787. The largest absolute Gasteiger partial charge is 0.505 e. The molecule has 0 saturated heterocycles. The highest BCUT2D eigenvalue weighted by Gasteiger charge is 2.23. The monoisotopic (exact) mass is 375 g/mol. The highest BCUT2D eigenvalue weighted by Crippen LogP contribution is 2.42. The molecule has 3 aromatic rings. The molecule has 0 aliphatic heterocycles. The van der Waals surface area contributed by atoms with E-state index in [0.717, 1.165) is 0 Å². The summed E-state index contributed by atoms with van der Waals surface area (Å²) in [6, 6.07) is 6.86. The van der Waals surface area contributed by atoms with E-state index in [0.29, 0.717) is 11.1 Å². The molecule has 22 heavy (non-hydrogen) atoms. The predicted molar refractivity (Wildman–Crippen MR) is 87.4 cm³/mol. The van der Waals surface area contributed by atoms with Crippen LogP contribution in [-0.2, 0) is 0 Å². The van der Waals surface area contributed by atoms with Gasteiger partial charge in [0.15, 0.2) is 11.3 Å².